The topological polar surface area (TPSA) is 128 Å². The van der Waals surface area contributed by atoms with E-state index >= 15 is 0 Å². The van der Waals surface area contributed by atoms with Crippen molar-refractivity contribution in [1.29, 1.82) is 0 Å². The summed E-state index contributed by atoms with van der Waals surface area (Å²) in [5.74, 6) is -1.96. The molecule has 9 nitrogen and oxygen atoms in total. The van der Waals surface area contributed by atoms with Crippen LogP contribution >= 0.6 is 0 Å². The van der Waals surface area contributed by atoms with Crippen molar-refractivity contribution in [3.05, 3.63) is 72.1 Å². The summed E-state index contributed by atoms with van der Waals surface area (Å²) in [6.45, 7) is 2.65. The zero-order chi connectivity index (χ0) is 25.5. The monoisotopic (exact) mass is 489 g/mol. The third-order valence-corrected chi connectivity index (χ3v) is 6.94. The lowest BCUT2D eigenvalue weighted by atomic mass is 9.79. The molecule has 1 aromatic heterocycles. The maximum absolute atomic E-state index is 12.8. The predicted molar refractivity (Wildman–Crippen MR) is 134 cm³/mol. The second kappa shape index (κ2) is 11.6. The molecule has 2 amide bonds. The summed E-state index contributed by atoms with van der Waals surface area (Å²) in [6.07, 6.45) is 3.37. The maximum Gasteiger partial charge on any atom is 0.306 e. The largest absolute Gasteiger partial charge is 0.481 e. The molecule has 1 aliphatic rings. The van der Waals surface area contributed by atoms with E-state index in [0.29, 0.717) is 32.4 Å². The Labute approximate surface area is 209 Å². The van der Waals surface area contributed by atoms with Gasteiger partial charge < -0.3 is 15.3 Å². The highest BCUT2D eigenvalue weighted by Crippen LogP contribution is 2.30. The molecule has 4 rings (SSSR count). The van der Waals surface area contributed by atoms with E-state index in [1.807, 2.05) is 54.6 Å². The Kier molecular flexibility index (Phi) is 8.10. The van der Waals surface area contributed by atoms with Crippen molar-refractivity contribution in [3.8, 4) is 11.1 Å². The second-order valence-corrected chi connectivity index (χ2v) is 9.32. The minimum atomic E-state index is -0.878. The lowest BCUT2D eigenvalue weighted by molar-refractivity contribution is -0.145. The van der Waals surface area contributed by atoms with Crippen molar-refractivity contribution in [2.24, 2.45) is 11.8 Å². The average molecular weight is 490 g/mol. The van der Waals surface area contributed by atoms with Crippen LogP contribution in [0.15, 0.2) is 60.8 Å². The highest BCUT2D eigenvalue weighted by molar-refractivity contribution is 5.92. The lowest BCUT2D eigenvalue weighted by Gasteiger charge is -2.35. The molecule has 1 aliphatic heterocycles. The van der Waals surface area contributed by atoms with Gasteiger partial charge in [0, 0.05) is 26.1 Å². The van der Waals surface area contributed by atoms with Gasteiger partial charge in [-0.3, -0.25) is 14.4 Å². The molecule has 36 heavy (non-hydrogen) atoms. The second-order valence-electron chi connectivity index (χ2n) is 9.32. The molecule has 0 bridgehead atoms. The van der Waals surface area contributed by atoms with Gasteiger partial charge in [0.25, 0.3) is 5.91 Å². The van der Waals surface area contributed by atoms with E-state index in [1.54, 1.807) is 4.90 Å². The molecule has 0 saturated carbocycles. The molecule has 2 aromatic carbocycles. The highest BCUT2D eigenvalue weighted by Gasteiger charge is 2.34. The standard InChI is InChI=1S/C27H31N5O4/c1-18(33)32-13-11-22(12-14-32)24(27(35)36)16-23(29-26(34)25-17-28-31-30-25)15-19-7-9-21(10-8-19)20-5-3-2-4-6-20/h2-10,17,22-24H,11-16H2,1H3,(H,29,34)(H,35,36)(H,28,30,31)/t23-,24?/m1/s1. The number of rotatable bonds is 9. The van der Waals surface area contributed by atoms with Gasteiger partial charge in [-0.1, -0.05) is 54.6 Å². The summed E-state index contributed by atoms with van der Waals surface area (Å²) in [7, 11) is 0. The quantitative estimate of drug-likeness (QED) is 0.424. The predicted octanol–water partition coefficient (Wildman–Crippen LogP) is 3.16. The van der Waals surface area contributed by atoms with E-state index < -0.39 is 23.8 Å². The molecular weight excluding hydrogens is 458 g/mol. The van der Waals surface area contributed by atoms with Gasteiger partial charge in [0.15, 0.2) is 5.69 Å². The first-order valence-electron chi connectivity index (χ1n) is 12.2. The van der Waals surface area contributed by atoms with Crippen molar-refractivity contribution in [1.82, 2.24) is 25.6 Å². The van der Waals surface area contributed by atoms with Crippen LogP contribution in [0.4, 0.5) is 0 Å². The molecule has 1 fully saturated rings. The first-order chi connectivity index (χ1) is 17.4. The summed E-state index contributed by atoms with van der Waals surface area (Å²) in [5.41, 5.74) is 3.35. The number of hydrogen-bond donors (Lipinski definition) is 3. The van der Waals surface area contributed by atoms with E-state index in [0.717, 1.165) is 16.7 Å². The normalized spacial score (nSPS) is 15.8. The van der Waals surface area contributed by atoms with Crippen LogP contribution in [-0.4, -0.2) is 62.3 Å². The number of benzene rings is 2. The third kappa shape index (κ3) is 6.35. The van der Waals surface area contributed by atoms with Crippen LogP contribution in [0.25, 0.3) is 11.1 Å². The van der Waals surface area contributed by atoms with Crippen LogP contribution in [-0.2, 0) is 16.0 Å². The van der Waals surface area contributed by atoms with Crippen LogP contribution in [0.3, 0.4) is 0 Å². The van der Waals surface area contributed by atoms with Gasteiger partial charge in [-0.2, -0.15) is 15.4 Å². The Hall–Kier alpha value is -4.01. The molecule has 3 N–H and O–H groups in total. The Bertz CT molecular complexity index is 1160. The van der Waals surface area contributed by atoms with E-state index in [1.165, 1.54) is 13.1 Å². The fraction of sp³-hybridized carbons (Fsp3) is 0.370. The molecule has 3 aromatic rings. The number of hydrogen-bond acceptors (Lipinski definition) is 5. The van der Waals surface area contributed by atoms with Crippen molar-refractivity contribution in [3.63, 3.8) is 0 Å². The maximum atomic E-state index is 12.8. The van der Waals surface area contributed by atoms with E-state index in [4.69, 9.17) is 0 Å². The van der Waals surface area contributed by atoms with E-state index in [2.05, 4.69) is 20.7 Å². The number of aromatic amines is 1. The van der Waals surface area contributed by atoms with Crippen LogP contribution in [0.1, 0.15) is 42.2 Å². The van der Waals surface area contributed by atoms with Crippen LogP contribution < -0.4 is 5.32 Å². The number of aliphatic carboxylic acids is 1. The molecule has 0 spiro atoms. The molecule has 188 valence electrons. The zero-order valence-corrected chi connectivity index (χ0v) is 20.3. The van der Waals surface area contributed by atoms with Gasteiger partial charge in [-0.25, -0.2) is 0 Å². The van der Waals surface area contributed by atoms with Gasteiger partial charge in [0.1, 0.15) is 0 Å². The Balaban J connectivity index is 1.50. The van der Waals surface area contributed by atoms with Crippen LogP contribution in [0, 0.1) is 11.8 Å². The number of carboxylic acids is 1. The fourth-order valence-electron chi connectivity index (χ4n) is 4.93. The lowest BCUT2D eigenvalue weighted by Crippen LogP contribution is -2.44. The Morgan fingerprint density at radius 3 is 2.31 bits per heavy atom. The number of amides is 2. The number of nitrogens with one attached hydrogen (secondary N) is 2. The number of carbonyl (C=O) groups is 3. The van der Waals surface area contributed by atoms with E-state index in [-0.39, 0.29) is 23.9 Å². The number of H-pyrrole nitrogens is 1. The Morgan fingerprint density at radius 1 is 1.06 bits per heavy atom. The molecule has 2 heterocycles. The number of likely N-dealkylation sites (tertiary alicyclic amines) is 1. The number of carboxylic acid groups (broad SMARTS) is 1. The average Bonchev–Trinajstić information content (AvgIpc) is 3.43. The van der Waals surface area contributed by atoms with E-state index in [9.17, 15) is 19.5 Å². The van der Waals surface area contributed by atoms with Crippen molar-refractivity contribution in [2.45, 2.75) is 38.6 Å². The molecule has 1 unspecified atom stereocenters. The summed E-state index contributed by atoms with van der Waals surface area (Å²) < 4.78 is 0. The first-order valence-corrected chi connectivity index (χ1v) is 12.2. The van der Waals surface area contributed by atoms with Crippen molar-refractivity contribution >= 4 is 17.8 Å². The number of carbonyl (C=O) groups excluding carboxylic acids is 2. The number of nitrogens with zero attached hydrogens (tertiary/aromatic N) is 3. The summed E-state index contributed by atoms with van der Waals surface area (Å²) >= 11 is 0. The van der Waals surface area contributed by atoms with Crippen molar-refractivity contribution in [2.75, 3.05) is 13.1 Å². The molecular formula is C27H31N5O4. The zero-order valence-electron chi connectivity index (χ0n) is 20.3. The summed E-state index contributed by atoms with van der Waals surface area (Å²) in [5, 5.41) is 23.0. The first kappa shape index (κ1) is 25.1. The molecule has 0 aliphatic carbocycles. The van der Waals surface area contributed by atoms with Gasteiger partial charge in [-0.05, 0) is 48.3 Å². The summed E-state index contributed by atoms with van der Waals surface area (Å²) in [4.78, 5) is 38.5. The van der Waals surface area contributed by atoms with Gasteiger partial charge in [0.2, 0.25) is 5.91 Å². The summed E-state index contributed by atoms with van der Waals surface area (Å²) in [6, 6.07) is 17.7. The number of piperidine rings is 1. The van der Waals surface area contributed by atoms with Gasteiger partial charge >= 0.3 is 5.97 Å². The Morgan fingerprint density at radius 2 is 1.72 bits per heavy atom. The third-order valence-electron chi connectivity index (χ3n) is 6.94. The smallest absolute Gasteiger partial charge is 0.306 e. The molecule has 0 radical (unpaired) electrons. The minimum Gasteiger partial charge on any atom is -0.481 e. The molecule has 2 atom stereocenters. The highest BCUT2D eigenvalue weighted by atomic mass is 16.4. The molecule has 1 saturated heterocycles. The van der Waals surface area contributed by atoms with Crippen molar-refractivity contribution < 1.29 is 19.5 Å². The SMILES string of the molecule is CC(=O)N1CCC(C(C[C@@H](Cc2ccc(-c3ccccc3)cc2)NC(=O)c2cn[nH]n2)C(=O)O)CC1. The van der Waals surface area contributed by atoms with Crippen LogP contribution in [0.5, 0.6) is 0 Å². The molecule has 9 heteroatoms. The van der Waals surface area contributed by atoms with Crippen LogP contribution in [0.2, 0.25) is 0 Å². The minimum absolute atomic E-state index is 0.0111. The van der Waals surface area contributed by atoms with Gasteiger partial charge in [0.05, 0.1) is 12.1 Å². The fourth-order valence-corrected chi connectivity index (χ4v) is 4.93. The van der Waals surface area contributed by atoms with Gasteiger partial charge in [-0.15, -0.1) is 0 Å². The number of aromatic nitrogens is 3.